The second kappa shape index (κ2) is 34.5. The summed E-state index contributed by atoms with van der Waals surface area (Å²) in [5.74, 6) is -0.0937. The summed E-state index contributed by atoms with van der Waals surface area (Å²) >= 11 is 0. The molecule has 2 aromatic carbocycles. The highest BCUT2D eigenvalue weighted by atomic mass is 16.5. The fraction of sp³-hybridized carbons (Fsp3) is 0.457. The van der Waals surface area contributed by atoms with E-state index in [1.165, 1.54) is 76.6 Å². The number of carboxylic acid groups (broad SMARTS) is 3. The van der Waals surface area contributed by atoms with Crippen molar-refractivity contribution < 1.29 is 74.9 Å². The number of aliphatic hydroxyl groups is 3. The van der Waals surface area contributed by atoms with Gasteiger partial charge in [0.2, 0.25) is 0 Å². The van der Waals surface area contributed by atoms with E-state index < -0.39 is 37.7 Å². The number of aliphatic carboxylic acids is 3. The molecule has 19 heteroatoms. The molecule has 0 aliphatic carbocycles. The molecule has 0 bridgehead atoms. The topological polar surface area (TPSA) is 314 Å². The first-order valence-electron chi connectivity index (χ1n) is 21.0. The van der Waals surface area contributed by atoms with Crippen LogP contribution in [0.3, 0.4) is 0 Å². The summed E-state index contributed by atoms with van der Waals surface area (Å²) in [5, 5.41) is 67.2. The average Bonchev–Trinajstić information content (AvgIpc) is 3.28. The maximum absolute atomic E-state index is 11.1. The number of hydrogen-bond acceptors (Lipinski definition) is 12. The Morgan fingerprint density at radius 1 is 0.554 bits per heavy atom. The van der Waals surface area contributed by atoms with Gasteiger partial charge < -0.3 is 71.3 Å². The quantitative estimate of drug-likeness (QED) is 0.0567. The third-order valence-corrected chi connectivity index (χ3v) is 9.64. The van der Waals surface area contributed by atoms with E-state index in [-0.39, 0.29) is 11.0 Å². The number of benzene rings is 2. The van der Waals surface area contributed by atoms with E-state index in [4.69, 9.17) is 54.5 Å². The molecule has 4 heterocycles. The molecule has 0 spiro atoms. The molecule has 10 N–H and O–H groups in total. The van der Waals surface area contributed by atoms with Gasteiger partial charge >= 0.3 is 17.9 Å². The largest absolute Gasteiger partial charge is 0.619 e. The fourth-order valence-electron chi connectivity index (χ4n) is 6.63. The summed E-state index contributed by atoms with van der Waals surface area (Å²) < 4.78 is 13.3. The van der Waals surface area contributed by atoms with Gasteiger partial charge in [-0.3, -0.25) is 0 Å². The Hall–Kier alpha value is -5.93. The summed E-state index contributed by atoms with van der Waals surface area (Å²) in [6.45, 7) is 11.0. The molecule has 19 nitrogen and oxygen atoms in total. The van der Waals surface area contributed by atoms with Gasteiger partial charge in [0.05, 0.1) is 13.2 Å². The molecule has 4 aromatic rings. The molecule has 2 saturated heterocycles. The van der Waals surface area contributed by atoms with Crippen molar-refractivity contribution in [2.24, 2.45) is 11.8 Å². The number of pyridine rings is 2. The van der Waals surface area contributed by atoms with Gasteiger partial charge in [0.1, 0.15) is 31.3 Å². The molecule has 2 atom stereocenters. The second-order valence-corrected chi connectivity index (χ2v) is 15.1. The summed E-state index contributed by atoms with van der Waals surface area (Å²) in [4.78, 5) is 32.5. The molecule has 0 radical (unpaired) electrons. The minimum atomic E-state index is -1.19. The molecule has 2 aliphatic heterocycles. The number of ether oxygens (including phenoxy) is 2. The van der Waals surface area contributed by atoms with Crippen molar-refractivity contribution in [1.29, 1.82) is 0 Å². The highest BCUT2D eigenvalue weighted by molar-refractivity contribution is 5.68. The van der Waals surface area contributed by atoms with Crippen LogP contribution in [0.4, 0.5) is 0 Å². The van der Waals surface area contributed by atoms with Crippen LogP contribution >= 0.6 is 0 Å². The Balaban J connectivity index is 0.000000940. The van der Waals surface area contributed by atoms with Crippen molar-refractivity contribution in [3.8, 4) is 33.8 Å². The third kappa shape index (κ3) is 27.1. The number of rotatable bonds is 15. The Morgan fingerprint density at radius 2 is 0.831 bits per heavy atom. The highest BCUT2D eigenvalue weighted by Crippen LogP contribution is 2.23. The van der Waals surface area contributed by atoms with Gasteiger partial charge in [-0.15, -0.1) is 0 Å². The van der Waals surface area contributed by atoms with Crippen LogP contribution in [-0.2, 0) is 14.4 Å². The number of aliphatic hydroxyl groups excluding tert-OH is 3. The van der Waals surface area contributed by atoms with Gasteiger partial charge in [-0.2, -0.15) is 9.46 Å². The maximum Gasteiger partial charge on any atom is 0.329 e. The summed E-state index contributed by atoms with van der Waals surface area (Å²) in [7, 11) is 0. The number of likely N-dealkylation sites (tertiary alicyclic amines) is 2. The van der Waals surface area contributed by atoms with Crippen LogP contribution in [-0.4, -0.2) is 142 Å². The molecule has 6 rings (SSSR count). The van der Waals surface area contributed by atoms with Crippen LogP contribution in [0.25, 0.3) is 22.3 Å². The van der Waals surface area contributed by atoms with Gasteiger partial charge in [-0.1, -0.05) is 38.1 Å². The van der Waals surface area contributed by atoms with Crippen molar-refractivity contribution in [2.45, 2.75) is 52.4 Å². The number of nitrogens with zero attached hydrogens (tertiary/aromatic N) is 4. The lowest BCUT2D eigenvalue weighted by Crippen LogP contribution is -2.35. The minimum absolute atomic E-state index is 0. The van der Waals surface area contributed by atoms with E-state index in [2.05, 4.69) is 23.6 Å². The van der Waals surface area contributed by atoms with Gasteiger partial charge in [0.15, 0.2) is 24.8 Å². The molecule has 0 saturated carbocycles. The lowest BCUT2D eigenvalue weighted by molar-refractivity contribution is -0.605. The zero-order valence-corrected chi connectivity index (χ0v) is 37.2. The minimum Gasteiger partial charge on any atom is -0.619 e. The SMILES string of the molecule is C[C@H]1CCCN(CCCOc2ccc(-c3cc[n+]([O-])cc3)cc2)C1.C[C@H]1CCCN(CCCOc2ccc(-c3cc[n+]([O-])cc3)cc2)C1.O.O.O=C(O)CO.O=C(O)CO.O=C(O)CO. The monoisotopic (exact) mass is 916 g/mol. The number of aromatic nitrogens is 2. The van der Waals surface area contributed by atoms with Crippen molar-refractivity contribution in [2.75, 3.05) is 72.3 Å². The highest BCUT2D eigenvalue weighted by Gasteiger charge is 2.16. The molecule has 2 aliphatic rings. The Bertz CT molecular complexity index is 1700. The zero-order chi connectivity index (χ0) is 46.4. The van der Waals surface area contributed by atoms with Crippen LogP contribution in [0.2, 0.25) is 0 Å². The smallest absolute Gasteiger partial charge is 0.329 e. The van der Waals surface area contributed by atoms with E-state index in [1.807, 2.05) is 72.8 Å². The number of carbonyl (C=O) groups is 3. The molecule has 2 fully saturated rings. The first kappa shape index (κ1) is 59.1. The van der Waals surface area contributed by atoms with E-state index in [1.54, 1.807) is 0 Å². The van der Waals surface area contributed by atoms with E-state index >= 15 is 0 Å². The normalized spacial score (nSPS) is 15.3. The van der Waals surface area contributed by atoms with Gasteiger partial charge in [0.25, 0.3) is 0 Å². The van der Waals surface area contributed by atoms with Gasteiger partial charge in [-0.25, -0.2) is 14.4 Å². The average molecular weight is 917 g/mol. The Morgan fingerprint density at radius 3 is 1.09 bits per heavy atom. The van der Waals surface area contributed by atoms with E-state index in [0.717, 1.165) is 94.2 Å². The lowest BCUT2D eigenvalue weighted by atomic mass is 10.0. The molecule has 0 amide bonds. The van der Waals surface area contributed by atoms with E-state index in [0.29, 0.717) is 0 Å². The van der Waals surface area contributed by atoms with Gasteiger partial charge in [-0.05, 0) is 110 Å². The number of piperidine rings is 2. The van der Waals surface area contributed by atoms with Crippen LogP contribution < -0.4 is 18.9 Å². The predicted molar refractivity (Wildman–Crippen MR) is 243 cm³/mol. The van der Waals surface area contributed by atoms with Gasteiger partial charge in [0, 0.05) is 50.4 Å². The molecule has 0 unspecified atom stereocenters. The zero-order valence-electron chi connectivity index (χ0n) is 37.2. The van der Waals surface area contributed by atoms with Crippen LogP contribution in [0.1, 0.15) is 52.4 Å². The summed E-state index contributed by atoms with van der Waals surface area (Å²) in [5.41, 5.74) is 4.25. The van der Waals surface area contributed by atoms with Crippen LogP contribution in [0.15, 0.2) is 97.6 Å². The lowest BCUT2D eigenvalue weighted by Gasteiger charge is -2.30. The Kier molecular flexibility index (Phi) is 31.3. The Labute approximate surface area is 380 Å². The number of hydrogen-bond donors (Lipinski definition) is 6. The maximum atomic E-state index is 11.1. The third-order valence-electron chi connectivity index (χ3n) is 9.64. The van der Waals surface area contributed by atoms with Crippen LogP contribution in [0, 0.1) is 22.3 Å². The molecular weight excluding hydrogens is 849 g/mol. The van der Waals surface area contributed by atoms with Crippen molar-refractivity contribution in [1.82, 2.24) is 9.80 Å². The van der Waals surface area contributed by atoms with Crippen molar-refractivity contribution >= 4 is 17.9 Å². The van der Waals surface area contributed by atoms with Crippen molar-refractivity contribution in [3.63, 3.8) is 0 Å². The first-order valence-corrected chi connectivity index (χ1v) is 21.0. The summed E-state index contributed by atoms with van der Waals surface area (Å²) in [6, 6.07) is 23.4. The van der Waals surface area contributed by atoms with E-state index in [9.17, 15) is 10.4 Å². The first-order chi connectivity index (χ1) is 30.2. The second-order valence-electron chi connectivity index (χ2n) is 15.1. The predicted octanol–water partition coefficient (Wildman–Crippen LogP) is 2.52. The molecular formula is C46H68N4O15. The molecule has 362 valence electrons. The standard InChI is InChI=1S/2C20H26N2O2.3C2H4O3.2H2O/c2*1-17-4-2-11-21(16-17)12-3-15-24-20-7-5-18(6-8-20)19-9-13-22(23)14-10-19;3*3-1-2(4)5;;/h2*5-10,13-14,17H,2-4,11-12,15-16H2,1H3;3*3H,1H2,(H,4,5);2*1H2/t2*17-;;;;;/m00...../s1. The van der Waals surface area contributed by atoms with Crippen molar-refractivity contribution in [3.05, 3.63) is 108 Å². The molecule has 65 heavy (non-hydrogen) atoms. The summed E-state index contributed by atoms with van der Waals surface area (Å²) in [6.07, 6.45) is 13.6. The number of carboxylic acids is 3. The van der Waals surface area contributed by atoms with Crippen LogP contribution in [0.5, 0.6) is 11.5 Å². The molecule has 2 aromatic heterocycles. The fourth-order valence-corrected chi connectivity index (χ4v) is 6.63.